The van der Waals surface area contributed by atoms with Crippen LogP contribution in [0.1, 0.15) is 25.3 Å². The van der Waals surface area contributed by atoms with Crippen LogP contribution < -0.4 is 5.32 Å². The van der Waals surface area contributed by atoms with E-state index >= 15 is 0 Å². The van der Waals surface area contributed by atoms with E-state index < -0.39 is 0 Å². The number of rotatable bonds is 5. The molecule has 0 amide bonds. The molecule has 0 spiro atoms. The van der Waals surface area contributed by atoms with Gasteiger partial charge in [-0.1, -0.05) is 18.2 Å². The number of nitrogens with zero attached hydrogens (tertiary/aromatic N) is 1. The summed E-state index contributed by atoms with van der Waals surface area (Å²) in [6.07, 6.45) is 2.27. The molecule has 1 aromatic carbocycles. The summed E-state index contributed by atoms with van der Waals surface area (Å²) in [5.41, 5.74) is 2.14. The molecule has 2 aromatic rings. The molecule has 1 aliphatic heterocycles. The van der Waals surface area contributed by atoms with Gasteiger partial charge in [-0.05, 0) is 31.9 Å². The number of nitrogens with one attached hydrogen (secondary N) is 1. The highest BCUT2D eigenvalue weighted by Crippen LogP contribution is 2.22. The van der Waals surface area contributed by atoms with Gasteiger partial charge in [0.1, 0.15) is 5.82 Å². The van der Waals surface area contributed by atoms with E-state index in [-0.39, 0.29) is 0 Å². The molecule has 4 nitrogen and oxygen atoms in total. The van der Waals surface area contributed by atoms with Gasteiger partial charge < -0.3 is 14.8 Å². The SMILES string of the molecule is CCNc1nc2ccccc2cc1COC1CCOCC1. The molecular weight excluding hydrogens is 264 g/mol. The van der Waals surface area contributed by atoms with Crippen LogP contribution in [0.15, 0.2) is 30.3 Å². The third-order valence-corrected chi connectivity index (χ3v) is 3.79. The minimum Gasteiger partial charge on any atom is -0.381 e. The highest BCUT2D eigenvalue weighted by Gasteiger charge is 2.15. The number of anilines is 1. The monoisotopic (exact) mass is 286 g/mol. The molecule has 1 aromatic heterocycles. The summed E-state index contributed by atoms with van der Waals surface area (Å²) in [5.74, 6) is 0.934. The minimum absolute atomic E-state index is 0.305. The maximum Gasteiger partial charge on any atom is 0.132 e. The van der Waals surface area contributed by atoms with E-state index in [0.29, 0.717) is 12.7 Å². The topological polar surface area (TPSA) is 43.4 Å². The molecule has 0 saturated carbocycles. The predicted molar refractivity (Wildman–Crippen MR) is 84.5 cm³/mol. The fourth-order valence-electron chi connectivity index (χ4n) is 2.64. The average Bonchev–Trinajstić information content (AvgIpc) is 2.54. The number of hydrogen-bond donors (Lipinski definition) is 1. The molecule has 0 atom stereocenters. The summed E-state index contributed by atoms with van der Waals surface area (Å²) >= 11 is 0. The molecule has 0 aliphatic carbocycles. The average molecular weight is 286 g/mol. The number of hydrogen-bond acceptors (Lipinski definition) is 4. The molecule has 112 valence electrons. The van der Waals surface area contributed by atoms with Gasteiger partial charge in [-0.25, -0.2) is 4.98 Å². The molecular formula is C17H22N2O2. The third kappa shape index (κ3) is 3.52. The summed E-state index contributed by atoms with van der Waals surface area (Å²) in [4.78, 5) is 4.71. The van der Waals surface area contributed by atoms with E-state index in [2.05, 4.69) is 24.4 Å². The largest absolute Gasteiger partial charge is 0.381 e. The Balaban J connectivity index is 1.79. The summed E-state index contributed by atoms with van der Waals surface area (Å²) < 4.78 is 11.4. The minimum atomic E-state index is 0.305. The second-order valence-electron chi connectivity index (χ2n) is 5.34. The quantitative estimate of drug-likeness (QED) is 0.915. The Kier molecular flexibility index (Phi) is 4.68. The highest BCUT2D eigenvalue weighted by molar-refractivity contribution is 5.81. The lowest BCUT2D eigenvalue weighted by Crippen LogP contribution is -2.23. The lowest BCUT2D eigenvalue weighted by Gasteiger charge is -2.23. The first-order valence-electron chi connectivity index (χ1n) is 7.68. The molecule has 4 heteroatoms. The second kappa shape index (κ2) is 6.87. The Bertz CT molecular complexity index is 594. The Morgan fingerprint density at radius 2 is 2.10 bits per heavy atom. The zero-order chi connectivity index (χ0) is 14.5. The van der Waals surface area contributed by atoms with Crippen molar-refractivity contribution in [2.75, 3.05) is 25.1 Å². The van der Waals surface area contributed by atoms with Crippen LogP contribution in [0.25, 0.3) is 10.9 Å². The van der Waals surface area contributed by atoms with Gasteiger partial charge in [-0.2, -0.15) is 0 Å². The summed E-state index contributed by atoms with van der Waals surface area (Å²) in [6.45, 7) is 5.15. The van der Waals surface area contributed by atoms with Gasteiger partial charge in [0.05, 0.1) is 18.2 Å². The predicted octanol–water partition coefficient (Wildman–Crippen LogP) is 3.36. The van der Waals surface area contributed by atoms with Gasteiger partial charge in [0, 0.05) is 30.7 Å². The van der Waals surface area contributed by atoms with Gasteiger partial charge in [0.15, 0.2) is 0 Å². The standard InChI is InChI=1S/C17H22N2O2/c1-2-18-17-14(12-21-15-7-9-20-10-8-15)11-13-5-3-4-6-16(13)19-17/h3-6,11,15H,2,7-10,12H2,1H3,(H,18,19). The van der Waals surface area contributed by atoms with Crippen LogP contribution in [0.2, 0.25) is 0 Å². The summed E-state index contributed by atoms with van der Waals surface area (Å²) in [7, 11) is 0. The molecule has 0 radical (unpaired) electrons. The van der Waals surface area contributed by atoms with Gasteiger partial charge in [0.25, 0.3) is 0 Å². The fraction of sp³-hybridized carbons (Fsp3) is 0.471. The van der Waals surface area contributed by atoms with Crippen molar-refractivity contribution in [2.24, 2.45) is 0 Å². The van der Waals surface area contributed by atoms with Gasteiger partial charge >= 0.3 is 0 Å². The van der Waals surface area contributed by atoms with E-state index in [1.54, 1.807) is 0 Å². The van der Waals surface area contributed by atoms with Crippen molar-refractivity contribution in [1.29, 1.82) is 0 Å². The second-order valence-corrected chi connectivity index (χ2v) is 5.34. The van der Waals surface area contributed by atoms with Crippen molar-refractivity contribution in [2.45, 2.75) is 32.5 Å². The Morgan fingerprint density at radius 3 is 2.90 bits per heavy atom. The number of aromatic nitrogens is 1. The van der Waals surface area contributed by atoms with Crippen molar-refractivity contribution < 1.29 is 9.47 Å². The van der Waals surface area contributed by atoms with Gasteiger partial charge in [-0.3, -0.25) is 0 Å². The molecule has 0 unspecified atom stereocenters. The molecule has 2 heterocycles. The summed E-state index contributed by atoms with van der Waals surface area (Å²) in [5, 5.41) is 4.50. The zero-order valence-electron chi connectivity index (χ0n) is 12.5. The van der Waals surface area contributed by atoms with E-state index in [1.165, 1.54) is 0 Å². The highest BCUT2D eigenvalue weighted by atomic mass is 16.5. The fourth-order valence-corrected chi connectivity index (χ4v) is 2.64. The van der Waals surface area contributed by atoms with Crippen LogP contribution in [0.4, 0.5) is 5.82 Å². The van der Waals surface area contributed by atoms with Gasteiger partial charge in [-0.15, -0.1) is 0 Å². The number of para-hydroxylation sites is 1. The van der Waals surface area contributed by atoms with Crippen LogP contribution >= 0.6 is 0 Å². The zero-order valence-corrected chi connectivity index (χ0v) is 12.5. The number of ether oxygens (including phenoxy) is 2. The van der Waals surface area contributed by atoms with E-state index in [9.17, 15) is 0 Å². The first-order valence-corrected chi connectivity index (χ1v) is 7.68. The Morgan fingerprint density at radius 1 is 1.29 bits per heavy atom. The maximum absolute atomic E-state index is 6.04. The Hall–Kier alpha value is -1.65. The van der Waals surface area contributed by atoms with E-state index in [0.717, 1.165) is 54.9 Å². The normalized spacial score (nSPS) is 16.2. The van der Waals surface area contributed by atoms with Crippen LogP contribution in [0.3, 0.4) is 0 Å². The van der Waals surface area contributed by atoms with Crippen molar-refractivity contribution >= 4 is 16.7 Å². The van der Waals surface area contributed by atoms with Crippen molar-refractivity contribution in [3.05, 3.63) is 35.9 Å². The van der Waals surface area contributed by atoms with Crippen LogP contribution in [0.5, 0.6) is 0 Å². The lowest BCUT2D eigenvalue weighted by atomic mass is 10.1. The van der Waals surface area contributed by atoms with Crippen LogP contribution in [0, 0.1) is 0 Å². The molecule has 0 bridgehead atoms. The van der Waals surface area contributed by atoms with Gasteiger partial charge in [0.2, 0.25) is 0 Å². The van der Waals surface area contributed by atoms with Crippen molar-refractivity contribution in [1.82, 2.24) is 4.98 Å². The molecule has 1 fully saturated rings. The number of fused-ring (bicyclic) bond motifs is 1. The third-order valence-electron chi connectivity index (χ3n) is 3.79. The molecule has 3 rings (SSSR count). The maximum atomic E-state index is 6.04. The smallest absolute Gasteiger partial charge is 0.132 e. The number of pyridine rings is 1. The van der Waals surface area contributed by atoms with E-state index in [1.807, 2.05) is 18.2 Å². The summed E-state index contributed by atoms with van der Waals surface area (Å²) in [6, 6.07) is 10.4. The van der Waals surface area contributed by atoms with Crippen molar-refractivity contribution in [3.8, 4) is 0 Å². The first-order chi connectivity index (χ1) is 10.4. The molecule has 21 heavy (non-hydrogen) atoms. The van der Waals surface area contributed by atoms with Crippen molar-refractivity contribution in [3.63, 3.8) is 0 Å². The number of benzene rings is 1. The lowest BCUT2D eigenvalue weighted by molar-refractivity contribution is -0.0389. The van der Waals surface area contributed by atoms with E-state index in [4.69, 9.17) is 14.5 Å². The first kappa shape index (κ1) is 14.3. The van der Waals surface area contributed by atoms with Crippen LogP contribution in [-0.4, -0.2) is 30.8 Å². The Labute approximate surface area is 125 Å². The van der Waals surface area contributed by atoms with Crippen LogP contribution in [-0.2, 0) is 16.1 Å². The molecule has 1 aliphatic rings. The molecule has 1 saturated heterocycles. The molecule has 1 N–H and O–H groups in total.